The minimum absolute atomic E-state index is 0.0131. The van der Waals surface area contributed by atoms with Crippen molar-refractivity contribution in [1.29, 1.82) is 0 Å². The minimum atomic E-state index is -0.477. The molecule has 0 atom stereocenters. The molecule has 0 saturated carbocycles. The zero-order valence-corrected chi connectivity index (χ0v) is 21.3. The number of para-hydroxylation sites is 1. The Morgan fingerprint density at radius 3 is 2.46 bits per heavy atom. The molecule has 2 aromatic carbocycles. The summed E-state index contributed by atoms with van der Waals surface area (Å²) in [6.45, 7) is 10.1. The molecule has 1 aliphatic rings. The average Bonchev–Trinajstić information content (AvgIpc) is 2.81. The molecule has 35 heavy (non-hydrogen) atoms. The normalized spacial score (nSPS) is 14.7. The van der Waals surface area contributed by atoms with Gasteiger partial charge in [-0.3, -0.25) is 4.79 Å². The van der Waals surface area contributed by atoms with E-state index in [1.165, 1.54) is 5.56 Å². The molecule has 0 spiro atoms. The topological polar surface area (TPSA) is 68.3 Å². The summed E-state index contributed by atoms with van der Waals surface area (Å²) in [5, 5.41) is 3.52. The predicted molar refractivity (Wildman–Crippen MR) is 141 cm³/mol. The SMILES string of the molecule is CC(C)NC(=O)COC(=O)c1c2c(nc3ccccc13)/C(=C/c1ccc(C(C)(C)C)cc1)CCC2. The molecule has 5 nitrogen and oxygen atoms in total. The van der Waals surface area contributed by atoms with E-state index in [0.29, 0.717) is 5.56 Å². The minimum Gasteiger partial charge on any atom is -0.452 e. The Balaban J connectivity index is 1.73. The number of aromatic nitrogens is 1. The molecule has 0 aliphatic heterocycles. The number of hydrogen-bond donors (Lipinski definition) is 1. The highest BCUT2D eigenvalue weighted by Crippen LogP contribution is 2.36. The van der Waals surface area contributed by atoms with Gasteiger partial charge in [0, 0.05) is 11.4 Å². The van der Waals surface area contributed by atoms with Crippen LogP contribution in [0.1, 0.15) is 80.2 Å². The van der Waals surface area contributed by atoms with Crippen molar-refractivity contribution in [2.45, 2.75) is 65.3 Å². The van der Waals surface area contributed by atoms with Crippen molar-refractivity contribution < 1.29 is 14.3 Å². The Morgan fingerprint density at radius 2 is 1.77 bits per heavy atom. The number of esters is 1. The summed E-state index contributed by atoms with van der Waals surface area (Å²) >= 11 is 0. The summed E-state index contributed by atoms with van der Waals surface area (Å²) in [6.07, 6.45) is 4.74. The van der Waals surface area contributed by atoms with E-state index in [2.05, 4.69) is 56.4 Å². The second-order valence-electron chi connectivity index (χ2n) is 10.5. The van der Waals surface area contributed by atoms with Crippen LogP contribution in [0.5, 0.6) is 0 Å². The van der Waals surface area contributed by atoms with E-state index in [4.69, 9.17) is 9.72 Å². The molecule has 1 amide bonds. The van der Waals surface area contributed by atoms with Gasteiger partial charge < -0.3 is 10.1 Å². The second-order valence-corrected chi connectivity index (χ2v) is 10.5. The molecular weight excluding hydrogens is 436 g/mol. The van der Waals surface area contributed by atoms with Gasteiger partial charge in [-0.1, -0.05) is 63.2 Å². The molecule has 5 heteroatoms. The van der Waals surface area contributed by atoms with Gasteiger partial charge in [-0.05, 0) is 72.9 Å². The Bertz CT molecular complexity index is 1280. The molecule has 182 valence electrons. The van der Waals surface area contributed by atoms with Gasteiger partial charge in [-0.15, -0.1) is 0 Å². The summed E-state index contributed by atoms with van der Waals surface area (Å²) in [6, 6.07) is 16.3. The van der Waals surface area contributed by atoms with Gasteiger partial charge in [-0.25, -0.2) is 9.78 Å². The number of nitrogens with one attached hydrogen (secondary N) is 1. The largest absolute Gasteiger partial charge is 0.452 e. The number of carbonyl (C=O) groups excluding carboxylic acids is 2. The van der Waals surface area contributed by atoms with Gasteiger partial charge in [0.2, 0.25) is 0 Å². The van der Waals surface area contributed by atoms with Gasteiger partial charge in [0.05, 0.1) is 16.8 Å². The Labute approximate surface area is 207 Å². The fourth-order valence-electron chi connectivity index (χ4n) is 4.56. The van der Waals surface area contributed by atoms with Gasteiger partial charge in [0.25, 0.3) is 5.91 Å². The highest BCUT2D eigenvalue weighted by Gasteiger charge is 2.26. The number of fused-ring (bicyclic) bond motifs is 2. The lowest BCUT2D eigenvalue weighted by molar-refractivity contribution is -0.124. The fourth-order valence-corrected chi connectivity index (χ4v) is 4.56. The molecule has 3 aromatic rings. The number of rotatable bonds is 5. The van der Waals surface area contributed by atoms with E-state index in [1.54, 1.807) is 0 Å². The first-order chi connectivity index (χ1) is 16.6. The van der Waals surface area contributed by atoms with Crippen molar-refractivity contribution in [1.82, 2.24) is 10.3 Å². The molecule has 1 aliphatic carbocycles. The fraction of sp³-hybridized carbons (Fsp3) is 0.367. The molecule has 1 aromatic heterocycles. The highest BCUT2D eigenvalue weighted by atomic mass is 16.5. The first kappa shape index (κ1) is 24.6. The van der Waals surface area contributed by atoms with Gasteiger partial charge in [0.15, 0.2) is 6.61 Å². The third-order valence-corrected chi connectivity index (χ3v) is 6.28. The molecular formula is C30H34N2O3. The van der Waals surface area contributed by atoms with Gasteiger partial charge in [-0.2, -0.15) is 0 Å². The summed E-state index contributed by atoms with van der Waals surface area (Å²) in [5.74, 6) is -0.783. The zero-order chi connectivity index (χ0) is 25.2. The van der Waals surface area contributed by atoms with Crippen molar-refractivity contribution in [2.75, 3.05) is 6.61 Å². The second kappa shape index (κ2) is 10.0. The number of ether oxygens (including phenoxy) is 1. The average molecular weight is 471 g/mol. The molecule has 0 bridgehead atoms. The Morgan fingerprint density at radius 1 is 1.06 bits per heavy atom. The predicted octanol–water partition coefficient (Wildman–Crippen LogP) is 6.09. The maximum atomic E-state index is 13.3. The quantitative estimate of drug-likeness (QED) is 0.458. The summed E-state index contributed by atoms with van der Waals surface area (Å²) in [4.78, 5) is 30.3. The first-order valence-electron chi connectivity index (χ1n) is 12.3. The molecule has 0 radical (unpaired) electrons. The maximum absolute atomic E-state index is 13.3. The third-order valence-electron chi connectivity index (χ3n) is 6.28. The summed E-state index contributed by atoms with van der Waals surface area (Å²) in [7, 11) is 0. The molecule has 4 rings (SSSR count). The van der Waals surface area contributed by atoms with Crippen LogP contribution in [0.4, 0.5) is 0 Å². The van der Waals surface area contributed by atoms with Crippen molar-refractivity contribution in [3.63, 3.8) is 0 Å². The zero-order valence-electron chi connectivity index (χ0n) is 21.3. The van der Waals surface area contributed by atoms with Crippen molar-refractivity contribution in [2.24, 2.45) is 0 Å². The monoisotopic (exact) mass is 470 g/mol. The maximum Gasteiger partial charge on any atom is 0.339 e. The van der Waals surface area contributed by atoms with Crippen molar-refractivity contribution >= 4 is 34.4 Å². The summed E-state index contributed by atoms with van der Waals surface area (Å²) in [5.41, 5.74) is 6.66. The number of benzene rings is 2. The van der Waals surface area contributed by atoms with E-state index >= 15 is 0 Å². The van der Waals surface area contributed by atoms with Gasteiger partial charge >= 0.3 is 5.97 Å². The Kier molecular flexibility index (Phi) is 7.06. The van der Waals surface area contributed by atoms with E-state index in [1.807, 2.05) is 38.1 Å². The summed E-state index contributed by atoms with van der Waals surface area (Å²) < 4.78 is 5.47. The van der Waals surface area contributed by atoms with Gasteiger partial charge in [0.1, 0.15) is 0 Å². The van der Waals surface area contributed by atoms with Crippen LogP contribution in [0, 0.1) is 0 Å². The Hall–Kier alpha value is -3.47. The van der Waals surface area contributed by atoms with E-state index < -0.39 is 5.97 Å². The lowest BCUT2D eigenvalue weighted by Gasteiger charge is -2.23. The van der Waals surface area contributed by atoms with Crippen LogP contribution >= 0.6 is 0 Å². The standard InChI is InChI=1S/C30H34N2O3/c1-19(2)31-26(33)18-35-29(34)27-23-10-6-7-12-25(23)32-28-21(9-8-11-24(27)28)17-20-13-15-22(16-14-20)30(3,4)5/h6-7,10,12-17,19H,8-9,11,18H2,1-5H3,(H,31,33)/b21-17+. The van der Waals surface area contributed by atoms with Crippen molar-refractivity contribution in [3.8, 4) is 0 Å². The smallest absolute Gasteiger partial charge is 0.339 e. The molecule has 0 unspecified atom stereocenters. The number of pyridine rings is 1. The van der Waals surface area contributed by atoms with Crippen molar-refractivity contribution in [3.05, 3.63) is 76.5 Å². The van der Waals surface area contributed by atoms with Crippen LogP contribution in [0.2, 0.25) is 0 Å². The van der Waals surface area contributed by atoms with Crippen LogP contribution < -0.4 is 5.32 Å². The lowest BCUT2D eigenvalue weighted by Crippen LogP contribution is -2.34. The molecule has 0 fully saturated rings. The lowest BCUT2D eigenvalue weighted by atomic mass is 9.85. The first-order valence-corrected chi connectivity index (χ1v) is 12.3. The number of hydrogen-bond acceptors (Lipinski definition) is 4. The number of nitrogens with zero attached hydrogens (tertiary/aromatic N) is 1. The van der Waals surface area contributed by atoms with Crippen LogP contribution in [-0.4, -0.2) is 29.5 Å². The third kappa shape index (κ3) is 5.61. The number of carbonyl (C=O) groups is 2. The van der Waals surface area contributed by atoms with Crippen LogP contribution in [0.3, 0.4) is 0 Å². The molecule has 1 N–H and O–H groups in total. The molecule has 0 saturated heterocycles. The van der Waals surface area contributed by atoms with E-state index in [9.17, 15) is 9.59 Å². The van der Waals surface area contributed by atoms with E-state index in [-0.39, 0.29) is 24.0 Å². The number of amides is 1. The highest BCUT2D eigenvalue weighted by molar-refractivity contribution is 6.07. The van der Waals surface area contributed by atoms with Crippen LogP contribution in [0.25, 0.3) is 22.6 Å². The molecule has 1 heterocycles. The van der Waals surface area contributed by atoms with Crippen LogP contribution in [-0.2, 0) is 21.4 Å². The number of allylic oxidation sites excluding steroid dienone is 1. The van der Waals surface area contributed by atoms with E-state index in [0.717, 1.165) is 52.6 Å². The van der Waals surface area contributed by atoms with Crippen LogP contribution in [0.15, 0.2) is 48.5 Å².